The highest BCUT2D eigenvalue weighted by Gasteiger charge is 2.36. The van der Waals surface area contributed by atoms with Crippen LogP contribution in [0.5, 0.6) is 5.75 Å². The number of halogens is 1. The zero-order valence-electron chi connectivity index (χ0n) is 8.13. The zero-order chi connectivity index (χ0) is 10.3. The molecule has 0 saturated heterocycles. The summed E-state index contributed by atoms with van der Waals surface area (Å²) in [6.07, 6.45) is 0.737. The lowest BCUT2D eigenvalue weighted by Gasteiger charge is -2.29. The quantitative estimate of drug-likeness (QED) is 0.526. The van der Waals surface area contributed by atoms with Gasteiger partial charge in [-0.05, 0) is 47.8 Å². The van der Waals surface area contributed by atoms with E-state index in [0.717, 1.165) is 16.5 Å². The second-order valence-corrected chi connectivity index (χ2v) is 5.03. The van der Waals surface area contributed by atoms with Gasteiger partial charge in [0.2, 0.25) is 0 Å². The second kappa shape index (κ2) is 3.09. The predicted octanol–water partition coefficient (Wildman–Crippen LogP) is 2.94. The van der Waals surface area contributed by atoms with Gasteiger partial charge in [0, 0.05) is 0 Å². The Labute approximate surface area is 91.4 Å². The highest BCUT2D eigenvalue weighted by Crippen LogP contribution is 2.39. The van der Waals surface area contributed by atoms with Crippen LogP contribution in [0.25, 0.3) is 0 Å². The molecule has 3 heteroatoms. The van der Waals surface area contributed by atoms with Gasteiger partial charge in [-0.3, -0.25) is 4.79 Å². The number of carbonyl (C=O) groups excluding carboxylic acids is 1. The van der Waals surface area contributed by atoms with E-state index < -0.39 is 5.41 Å². The van der Waals surface area contributed by atoms with Gasteiger partial charge >= 0.3 is 5.97 Å². The summed E-state index contributed by atoms with van der Waals surface area (Å²) in [5.41, 5.74) is 0.678. The highest BCUT2D eigenvalue weighted by molar-refractivity contribution is 9.10. The maximum Gasteiger partial charge on any atom is 0.317 e. The van der Waals surface area contributed by atoms with E-state index in [1.165, 1.54) is 0 Å². The monoisotopic (exact) mass is 254 g/mol. The Morgan fingerprint density at radius 1 is 1.43 bits per heavy atom. The van der Waals surface area contributed by atoms with E-state index in [9.17, 15) is 4.79 Å². The largest absolute Gasteiger partial charge is 0.425 e. The van der Waals surface area contributed by atoms with Crippen LogP contribution in [0.2, 0.25) is 0 Å². The molecule has 1 aliphatic heterocycles. The molecule has 0 radical (unpaired) electrons. The van der Waals surface area contributed by atoms with Crippen LogP contribution in [0, 0.1) is 5.41 Å². The molecule has 2 rings (SSSR count). The summed E-state index contributed by atoms with van der Waals surface area (Å²) in [6.45, 7) is 3.80. The molecular weight excluding hydrogens is 244 g/mol. The van der Waals surface area contributed by atoms with Crippen LogP contribution in [0.1, 0.15) is 19.4 Å². The first kappa shape index (κ1) is 9.71. The third-order valence-electron chi connectivity index (χ3n) is 2.43. The molecule has 74 valence electrons. The lowest BCUT2D eigenvalue weighted by Crippen LogP contribution is -2.35. The average Bonchev–Trinajstić information content (AvgIpc) is 2.08. The number of hydrogen-bond acceptors (Lipinski definition) is 2. The number of carbonyl (C=O) groups is 1. The number of hydrogen-bond donors (Lipinski definition) is 0. The van der Waals surface area contributed by atoms with Crippen molar-refractivity contribution in [2.24, 2.45) is 5.41 Å². The molecule has 0 saturated carbocycles. The van der Waals surface area contributed by atoms with Crippen molar-refractivity contribution in [2.45, 2.75) is 20.3 Å². The number of para-hydroxylation sites is 1. The molecule has 0 aliphatic carbocycles. The summed E-state index contributed by atoms with van der Waals surface area (Å²) >= 11 is 3.37. The van der Waals surface area contributed by atoms with Crippen molar-refractivity contribution >= 4 is 21.9 Å². The third kappa shape index (κ3) is 1.46. The van der Waals surface area contributed by atoms with Crippen molar-refractivity contribution in [1.29, 1.82) is 0 Å². The molecule has 2 nitrogen and oxygen atoms in total. The van der Waals surface area contributed by atoms with Gasteiger partial charge in [0.05, 0.1) is 9.89 Å². The SMILES string of the molecule is CC1(C)Cc2cccc(Br)c2OC1=O. The summed E-state index contributed by atoms with van der Waals surface area (Å²) in [6, 6.07) is 5.83. The van der Waals surface area contributed by atoms with E-state index in [1.807, 2.05) is 32.0 Å². The fourth-order valence-corrected chi connectivity index (χ4v) is 2.07. The number of rotatable bonds is 0. The number of benzene rings is 1. The topological polar surface area (TPSA) is 26.3 Å². The van der Waals surface area contributed by atoms with Crippen LogP contribution in [0.15, 0.2) is 22.7 Å². The minimum Gasteiger partial charge on any atom is -0.425 e. The number of fused-ring (bicyclic) bond motifs is 1. The fraction of sp³-hybridized carbons (Fsp3) is 0.364. The van der Waals surface area contributed by atoms with Gasteiger partial charge in [0.25, 0.3) is 0 Å². The van der Waals surface area contributed by atoms with Gasteiger partial charge in [-0.25, -0.2) is 0 Å². The molecule has 0 bridgehead atoms. The maximum atomic E-state index is 11.6. The first-order valence-corrected chi connectivity index (χ1v) is 5.30. The highest BCUT2D eigenvalue weighted by atomic mass is 79.9. The Morgan fingerprint density at radius 3 is 2.86 bits per heavy atom. The summed E-state index contributed by atoms with van der Waals surface area (Å²) < 4.78 is 6.14. The molecule has 0 atom stereocenters. The first-order valence-electron chi connectivity index (χ1n) is 4.50. The van der Waals surface area contributed by atoms with Crippen LogP contribution in [-0.2, 0) is 11.2 Å². The van der Waals surface area contributed by atoms with Crippen LogP contribution in [-0.4, -0.2) is 5.97 Å². The average molecular weight is 255 g/mol. The van der Waals surface area contributed by atoms with Crippen molar-refractivity contribution in [3.8, 4) is 5.75 Å². The molecule has 0 N–H and O–H groups in total. The minimum atomic E-state index is -0.409. The smallest absolute Gasteiger partial charge is 0.317 e. The van der Waals surface area contributed by atoms with Gasteiger partial charge in [-0.15, -0.1) is 0 Å². The Balaban J connectivity index is 2.51. The summed E-state index contributed by atoms with van der Waals surface area (Å²) in [5, 5.41) is 0. The van der Waals surface area contributed by atoms with Gasteiger partial charge in [-0.2, -0.15) is 0 Å². The van der Waals surface area contributed by atoms with Gasteiger partial charge in [-0.1, -0.05) is 12.1 Å². The molecule has 1 heterocycles. The molecule has 0 aromatic heterocycles. The first-order chi connectivity index (χ1) is 6.50. The van der Waals surface area contributed by atoms with Crippen LogP contribution in [0.3, 0.4) is 0 Å². The molecule has 0 fully saturated rings. The molecule has 1 aliphatic rings. The van der Waals surface area contributed by atoms with Gasteiger partial charge in [0.15, 0.2) is 0 Å². The van der Waals surface area contributed by atoms with Gasteiger partial charge < -0.3 is 4.74 Å². The van der Waals surface area contributed by atoms with E-state index in [-0.39, 0.29) is 5.97 Å². The van der Waals surface area contributed by atoms with Crippen molar-refractivity contribution < 1.29 is 9.53 Å². The second-order valence-electron chi connectivity index (χ2n) is 4.18. The van der Waals surface area contributed by atoms with E-state index >= 15 is 0 Å². The molecule has 14 heavy (non-hydrogen) atoms. The molecule has 1 aromatic rings. The molecule has 0 amide bonds. The van der Waals surface area contributed by atoms with Crippen molar-refractivity contribution in [3.05, 3.63) is 28.2 Å². The zero-order valence-corrected chi connectivity index (χ0v) is 9.72. The molecule has 1 aromatic carbocycles. The van der Waals surface area contributed by atoms with Crippen molar-refractivity contribution in [3.63, 3.8) is 0 Å². The minimum absolute atomic E-state index is 0.156. The normalized spacial score (nSPS) is 18.6. The lowest BCUT2D eigenvalue weighted by atomic mass is 9.84. The number of ether oxygens (including phenoxy) is 1. The molecular formula is C11H11BrO2. The van der Waals surface area contributed by atoms with Crippen molar-refractivity contribution in [2.75, 3.05) is 0 Å². The van der Waals surface area contributed by atoms with E-state index in [1.54, 1.807) is 0 Å². The van der Waals surface area contributed by atoms with E-state index in [2.05, 4.69) is 15.9 Å². The standard InChI is InChI=1S/C11H11BrO2/c1-11(2)6-7-4-3-5-8(12)9(7)14-10(11)13/h3-5H,6H2,1-2H3. The molecule has 0 unspecified atom stereocenters. The summed E-state index contributed by atoms with van der Waals surface area (Å²) in [4.78, 5) is 11.6. The van der Waals surface area contributed by atoms with E-state index in [0.29, 0.717) is 5.75 Å². The van der Waals surface area contributed by atoms with Crippen LogP contribution >= 0.6 is 15.9 Å². The Hall–Kier alpha value is -0.830. The van der Waals surface area contributed by atoms with Crippen LogP contribution in [0.4, 0.5) is 0 Å². The van der Waals surface area contributed by atoms with Crippen LogP contribution < -0.4 is 4.74 Å². The van der Waals surface area contributed by atoms with E-state index in [4.69, 9.17) is 4.74 Å². The number of esters is 1. The van der Waals surface area contributed by atoms with Crippen molar-refractivity contribution in [1.82, 2.24) is 0 Å². The Morgan fingerprint density at radius 2 is 2.14 bits per heavy atom. The summed E-state index contributed by atoms with van der Waals surface area (Å²) in [5.74, 6) is 0.522. The van der Waals surface area contributed by atoms with Gasteiger partial charge in [0.1, 0.15) is 5.75 Å². The summed E-state index contributed by atoms with van der Waals surface area (Å²) in [7, 11) is 0. The predicted molar refractivity (Wildman–Crippen MR) is 57.3 cm³/mol. The maximum absolute atomic E-state index is 11.6. The third-order valence-corrected chi connectivity index (χ3v) is 3.05. The Bertz CT molecular complexity index is 396. The molecule has 0 spiro atoms. The fourth-order valence-electron chi connectivity index (χ4n) is 1.59. The Kier molecular flexibility index (Phi) is 2.14. The lowest BCUT2D eigenvalue weighted by molar-refractivity contribution is -0.145.